The van der Waals surface area contributed by atoms with Gasteiger partial charge in [-0.05, 0) is 43.4 Å². The second-order valence-corrected chi connectivity index (χ2v) is 33.6. The van der Waals surface area contributed by atoms with E-state index in [0.717, 1.165) is 108 Å². The average molecular weight is 1480 g/mol. The second kappa shape index (κ2) is 72.3. The molecule has 3 unspecified atom stereocenters. The van der Waals surface area contributed by atoms with Gasteiger partial charge in [-0.15, -0.1) is 0 Å². The molecular weight excluding hydrogens is 1320 g/mol. The van der Waals surface area contributed by atoms with Gasteiger partial charge in [-0.25, -0.2) is 9.13 Å². The third-order valence-electron chi connectivity index (χ3n) is 19.5. The lowest BCUT2D eigenvalue weighted by Crippen LogP contribution is -2.30. The highest BCUT2D eigenvalue weighted by Gasteiger charge is 2.30. The Bertz CT molecular complexity index is 1960. The zero-order valence-electron chi connectivity index (χ0n) is 66.4. The molecule has 600 valence electrons. The van der Waals surface area contributed by atoms with Crippen LogP contribution in [0.5, 0.6) is 0 Å². The fourth-order valence-corrected chi connectivity index (χ4v) is 14.2. The number of phosphoric ester groups is 2. The summed E-state index contributed by atoms with van der Waals surface area (Å²) in [5.74, 6) is 0.102. The average Bonchev–Trinajstić information content (AvgIpc) is 1.09. The van der Waals surface area contributed by atoms with E-state index in [1.54, 1.807) is 0 Å². The first kappa shape index (κ1) is 99.1. The normalized spacial score (nSPS) is 14.2. The van der Waals surface area contributed by atoms with Crippen LogP contribution in [0, 0.1) is 17.8 Å². The quantitative estimate of drug-likeness (QED) is 0.0222. The van der Waals surface area contributed by atoms with Gasteiger partial charge in [0.05, 0.1) is 26.4 Å². The molecule has 6 atom stereocenters. The Morgan fingerprint density at radius 1 is 0.287 bits per heavy atom. The molecule has 19 heteroatoms. The van der Waals surface area contributed by atoms with E-state index >= 15 is 0 Å². The number of rotatable bonds is 80. The lowest BCUT2D eigenvalue weighted by Gasteiger charge is -2.21. The molecule has 0 amide bonds. The SMILES string of the molecule is CCCCCCCCCCCCCCCCCCCCCCCC(=O)OC[C@H](COP(=O)(O)OC[C@@H](O)COP(=O)(O)OC[C@@H](COC(=O)CCCCCCCCC(C)C)OC(=O)CCCCCCCCC(C)CC)OC(=O)CCCCCCCCCCCCCCCCCCCCC(C)C. The van der Waals surface area contributed by atoms with Gasteiger partial charge in [0.1, 0.15) is 19.3 Å². The maximum absolute atomic E-state index is 13.1. The first-order valence-electron chi connectivity index (χ1n) is 42.4. The molecule has 0 aliphatic heterocycles. The number of aliphatic hydroxyl groups is 1. The van der Waals surface area contributed by atoms with Gasteiger partial charge >= 0.3 is 39.5 Å². The number of hydrogen-bond donors (Lipinski definition) is 3. The number of esters is 4. The van der Waals surface area contributed by atoms with Crippen LogP contribution in [-0.4, -0.2) is 96.7 Å². The number of unbranched alkanes of at least 4 members (excludes halogenated alkanes) is 47. The van der Waals surface area contributed by atoms with Crippen molar-refractivity contribution in [3.63, 3.8) is 0 Å². The topological polar surface area (TPSA) is 237 Å². The van der Waals surface area contributed by atoms with E-state index in [1.807, 2.05) is 0 Å². The minimum Gasteiger partial charge on any atom is -0.462 e. The van der Waals surface area contributed by atoms with Crippen LogP contribution >= 0.6 is 15.6 Å². The molecule has 17 nitrogen and oxygen atoms in total. The molecule has 0 rings (SSSR count). The molecule has 0 aromatic carbocycles. The molecule has 0 aromatic rings. The van der Waals surface area contributed by atoms with Crippen molar-refractivity contribution in [1.29, 1.82) is 0 Å². The molecule has 101 heavy (non-hydrogen) atoms. The first-order chi connectivity index (χ1) is 48.8. The Morgan fingerprint density at radius 3 is 0.752 bits per heavy atom. The summed E-state index contributed by atoms with van der Waals surface area (Å²) in [5, 5.41) is 10.6. The van der Waals surface area contributed by atoms with Crippen molar-refractivity contribution in [3.05, 3.63) is 0 Å². The summed E-state index contributed by atoms with van der Waals surface area (Å²) >= 11 is 0. The number of carbonyl (C=O) groups excluding carboxylic acids is 4. The lowest BCUT2D eigenvalue weighted by atomic mass is 10.00. The molecule has 0 fully saturated rings. The predicted octanol–water partition coefficient (Wildman–Crippen LogP) is 24.5. The highest BCUT2D eigenvalue weighted by Crippen LogP contribution is 2.45. The highest BCUT2D eigenvalue weighted by atomic mass is 31.2. The van der Waals surface area contributed by atoms with Crippen LogP contribution in [-0.2, 0) is 65.4 Å². The molecule has 0 saturated heterocycles. The summed E-state index contributed by atoms with van der Waals surface area (Å²) < 4.78 is 68.6. The molecular formula is C82H160O17P2. The number of hydrogen-bond acceptors (Lipinski definition) is 15. The van der Waals surface area contributed by atoms with Crippen molar-refractivity contribution in [1.82, 2.24) is 0 Å². The fraction of sp³-hybridized carbons (Fsp3) is 0.951. The standard InChI is InChI=1S/C82H160O17P2/c1-8-10-11-12-13-14-15-16-17-18-19-20-21-25-28-31-34-37-40-49-56-63-79(84)92-69-77(98-81(86)65-58-51-41-38-35-32-29-26-23-22-24-27-30-33-36-39-46-53-60-73(3)4)71-96-100(88,89)94-67-76(83)68-95-101(90,91)97-72-78(70-93-80(85)64-57-50-44-42-47-54-61-74(5)6)99-82(87)66-59-52-45-43-48-55-62-75(7)9-2/h73-78,83H,8-72H2,1-7H3,(H,88,89)(H,90,91)/t75?,76-,77-,78-/m1/s1. The van der Waals surface area contributed by atoms with Gasteiger partial charge in [0.15, 0.2) is 12.2 Å². The number of phosphoric acid groups is 2. The van der Waals surface area contributed by atoms with Crippen LogP contribution in [0.1, 0.15) is 427 Å². The number of carbonyl (C=O) groups is 4. The van der Waals surface area contributed by atoms with E-state index in [2.05, 4.69) is 48.5 Å². The molecule has 0 aliphatic rings. The predicted molar refractivity (Wildman–Crippen MR) is 414 cm³/mol. The van der Waals surface area contributed by atoms with Crippen LogP contribution in [0.25, 0.3) is 0 Å². The van der Waals surface area contributed by atoms with Gasteiger partial charge in [-0.3, -0.25) is 37.3 Å². The Morgan fingerprint density at radius 2 is 0.505 bits per heavy atom. The highest BCUT2D eigenvalue weighted by molar-refractivity contribution is 7.47. The number of aliphatic hydroxyl groups excluding tert-OH is 1. The van der Waals surface area contributed by atoms with Gasteiger partial charge in [0, 0.05) is 25.7 Å². The molecule has 0 saturated carbocycles. The Hall–Kier alpha value is -1.94. The summed E-state index contributed by atoms with van der Waals surface area (Å²) in [6, 6.07) is 0. The van der Waals surface area contributed by atoms with E-state index in [1.165, 1.54) is 231 Å². The van der Waals surface area contributed by atoms with Crippen molar-refractivity contribution in [2.45, 2.75) is 446 Å². The van der Waals surface area contributed by atoms with Crippen molar-refractivity contribution in [3.8, 4) is 0 Å². The monoisotopic (exact) mass is 1480 g/mol. The third kappa shape index (κ3) is 74.7. The van der Waals surface area contributed by atoms with Gasteiger partial charge in [-0.1, -0.05) is 376 Å². The van der Waals surface area contributed by atoms with Crippen LogP contribution in [0.2, 0.25) is 0 Å². The molecule has 3 N–H and O–H groups in total. The molecule has 0 radical (unpaired) electrons. The molecule has 0 bridgehead atoms. The van der Waals surface area contributed by atoms with Crippen LogP contribution in [0.3, 0.4) is 0 Å². The minimum atomic E-state index is -4.96. The minimum absolute atomic E-state index is 0.102. The zero-order valence-corrected chi connectivity index (χ0v) is 68.2. The van der Waals surface area contributed by atoms with Crippen molar-refractivity contribution >= 4 is 39.5 Å². The van der Waals surface area contributed by atoms with Crippen molar-refractivity contribution in [2.75, 3.05) is 39.6 Å². The lowest BCUT2D eigenvalue weighted by molar-refractivity contribution is -0.161. The van der Waals surface area contributed by atoms with Gasteiger partial charge in [0.2, 0.25) is 0 Å². The molecule has 0 heterocycles. The third-order valence-corrected chi connectivity index (χ3v) is 21.4. The smallest absolute Gasteiger partial charge is 0.462 e. The zero-order chi connectivity index (χ0) is 74.4. The Balaban J connectivity index is 5.17. The second-order valence-electron chi connectivity index (χ2n) is 30.7. The summed E-state index contributed by atoms with van der Waals surface area (Å²) in [5.41, 5.74) is 0. The largest absolute Gasteiger partial charge is 0.472 e. The Labute approximate surface area is 619 Å². The van der Waals surface area contributed by atoms with E-state index in [4.69, 9.17) is 37.0 Å². The van der Waals surface area contributed by atoms with Gasteiger partial charge in [0.25, 0.3) is 0 Å². The van der Waals surface area contributed by atoms with E-state index < -0.39 is 97.5 Å². The van der Waals surface area contributed by atoms with Crippen LogP contribution in [0.15, 0.2) is 0 Å². The maximum atomic E-state index is 13.1. The summed E-state index contributed by atoms with van der Waals surface area (Å²) in [7, 11) is -9.92. The fourth-order valence-electron chi connectivity index (χ4n) is 12.6. The summed E-state index contributed by atoms with van der Waals surface area (Å²) in [6.45, 7) is 11.8. The number of ether oxygens (including phenoxy) is 4. The Kier molecular flexibility index (Phi) is 70.9. The first-order valence-corrected chi connectivity index (χ1v) is 45.4. The van der Waals surface area contributed by atoms with Gasteiger partial charge < -0.3 is 33.8 Å². The van der Waals surface area contributed by atoms with E-state index in [9.17, 15) is 43.2 Å². The molecule has 0 aromatic heterocycles. The van der Waals surface area contributed by atoms with Gasteiger partial charge in [-0.2, -0.15) is 0 Å². The maximum Gasteiger partial charge on any atom is 0.472 e. The van der Waals surface area contributed by atoms with E-state index in [0.29, 0.717) is 31.6 Å². The van der Waals surface area contributed by atoms with Crippen molar-refractivity contribution in [2.24, 2.45) is 17.8 Å². The molecule has 0 spiro atoms. The summed E-state index contributed by atoms with van der Waals surface area (Å²) in [4.78, 5) is 72.9. The molecule has 0 aliphatic carbocycles. The van der Waals surface area contributed by atoms with Crippen LogP contribution in [0.4, 0.5) is 0 Å². The van der Waals surface area contributed by atoms with Crippen molar-refractivity contribution < 1.29 is 80.2 Å². The van der Waals surface area contributed by atoms with Crippen LogP contribution < -0.4 is 0 Å². The summed E-state index contributed by atoms with van der Waals surface area (Å²) in [6.07, 6.45) is 61.6. The van der Waals surface area contributed by atoms with E-state index in [-0.39, 0.29) is 25.7 Å².